The quantitative estimate of drug-likeness (QED) is 0.719. The molecule has 4 heteroatoms. The van der Waals surface area contributed by atoms with Crippen LogP contribution in [0.5, 0.6) is 0 Å². The Bertz CT molecular complexity index is 650. The predicted octanol–water partition coefficient (Wildman–Crippen LogP) is 3.97. The van der Waals surface area contributed by atoms with E-state index in [4.69, 9.17) is 0 Å². The van der Waals surface area contributed by atoms with E-state index in [-0.39, 0.29) is 0 Å². The fraction of sp³-hybridized carbons (Fsp3) is 0.0667. The standard InChI is InChI=1S/C15H13N3S/c1-18(14-3-2-5-16-9-14)15-7-13(8-17-10-15)12-4-6-19-11-12/h2-11H,1H3. The van der Waals surface area contributed by atoms with Crippen LogP contribution in [-0.2, 0) is 0 Å². The van der Waals surface area contributed by atoms with Crippen LogP contribution in [0, 0.1) is 0 Å². The molecule has 0 fully saturated rings. The van der Waals surface area contributed by atoms with Gasteiger partial charge in [0.05, 0.1) is 23.8 Å². The SMILES string of the molecule is CN(c1cccnc1)c1cncc(-c2ccsc2)c1. The summed E-state index contributed by atoms with van der Waals surface area (Å²) in [7, 11) is 2.02. The van der Waals surface area contributed by atoms with E-state index in [9.17, 15) is 0 Å². The first kappa shape index (κ1) is 11.9. The number of hydrogen-bond donors (Lipinski definition) is 0. The first-order chi connectivity index (χ1) is 9.34. The van der Waals surface area contributed by atoms with Crippen LogP contribution in [0.1, 0.15) is 0 Å². The molecule has 0 aromatic carbocycles. The van der Waals surface area contributed by atoms with Crippen molar-refractivity contribution in [2.45, 2.75) is 0 Å². The largest absolute Gasteiger partial charge is 0.342 e. The second-order valence-electron chi connectivity index (χ2n) is 4.21. The van der Waals surface area contributed by atoms with E-state index in [1.54, 1.807) is 17.5 Å². The molecule has 0 bridgehead atoms. The zero-order valence-electron chi connectivity index (χ0n) is 10.5. The smallest absolute Gasteiger partial charge is 0.0601 e. The summed E-state index contributed by atoms with van der Waals surface area (Å²) < 4.78 is 0. The Balaban J connectivity index is 1.96. The van der Waals surface area contributed by atoms with E-state index in [2.05, 4.69) is 37.8 Å². The lowest BCUT2D eigenvalue weighted by Gasteiger charge is -2.19. The lowest BCUT2D eigenvalue weighted by Crippen LogP contribution is -2.09. The van der Waals surface area contributed by atoms with Crippen molar-refractivity contribution in [2.24, 2.45) is 0 Å². The van der Waals surface area contributed by atoms with Crippen molar-refractivity contribution in [3.8, 4) is 11.1 Å². The van der Waals surface area contributed by atoms with Crippen molar-refractivity contribution in [2.75, 3.05) is 11.9 Å². The normalized spacial score (nSPS) is 10.4. The minimum Gasteiger partial charge on any atom is -0.342 e. The molecule has 0 N–H and O–H groups in total. The van der Waals surface area contributed by atoms with Gasteiger partial charge in [-0.15, -0.1) is 0 Å². The van der Waals surface area contributed by atoms with Crippen LogP contribution in [-0.4, -0.2) is 17.0 Å². The summed E-state index contributed by atoms with van der Waals surface area (Å²) in [5.41, 5.74) is 4.44. The van der Waals surface area contributed by atoms with Crippen molar-refractivity contribution in [1.29, 1.82) is 0 Å². The molecule has 3 aromatic heterocycles. The summed E-state index contributed by atoms with van der Waals surface area (Å²) in [4.78, 5) is 10.6. The van der Waals surface area contributed by atoms with Crippen LogP contribution in [0.25, 0.3) is 11.1 Å². The third-order valence-corrected chi connectivity index (χ3v) is 3.68. The van der Waals surface area contributed by atoms with Crippen molar-refractivity contribution < 1.29 is 0 Å². The van der Waals surface area contributed by atoms with Gasteiger partial charge < -0.3 is 4.90 Å². The maximum absolute atomic E-state index is 4.33. The van der Waals surface area contributed by atoms with Gasteiger partial charge in [0.15, 0.2) is 0 Å². The summed E-state index contributed by atoms with van der Waals surface area (Å²) >= 11 is 1.69. The van der Waals surface area contributed by atoms with E-state index in [1.807, 2.05) is 37.8 Å². The second-order valence-corrected chi connectivity index (χ2v) is 4.99. The van der Waals surface area contributed by atoms with Crippen LogP contribution in [0.3, 0.4) is 0 Å². The summed E-state index contributed by atoms with van der Waals surface area (Å²) in [6, 6.07) is 8.21. The zero-order chi connectivity index (χ0) is 13.1. The average Bonchev–Trinajstić information content (AvgIpc) is 3.02. The van der Waals surface area contributed by atoms with Crippen molar-refractivity contribution >= 4 is 22.7 Å². The van der Waals surface area contributed by atoms with E-state index in [1.165, 1.54) is 5.56 Å². The van der Waals surface area contributed by atoms with Crippen molar-refractivity contribution in [3.63, 3.8) is 0 Å². The van der Waals surface area contributed by atoms with Crippen LogP contribution in [0.4, 0.5) is 11.4 Å². The Morgan fingerprint density at radius 2 is 1.89 bits per heavy atom. The molecule has 0 amide bonds. The Morgan fingerprint density at radius 1 is 1.00 bits per heavy atom. The molecule has 19 heavy (non-hydrogen) atoms. The monoisotopic (exact) mass is 267 g/mol. The number of nitrogens with zero attached hydrogens (tertiary/aromatic N) is 3. The Morgan fingerprint density at radius 3 is 2.63 bits per heavy atom. The van der Waals surface area contributed by atoms with E-state index < -0.39 is 0 Å². The number of rotatable bonds is 3. The molecule has 94 valence electrons. The van der Waals surface area contributed by atoms with Gasteiger partial charge in [0.2, 0.25) is 0 Å². The number of pyridine rings is 2. The molecule has 0 saturated carbocycles. The maximum Gasteiger partial charge on any atom is 0.0601 e. The highest BCUT2D eigenvalue weighted by atomic mass is 32.1. The molecule has 0 saturated heterocycles. The minimum absolute atomic E-state index is 1.05. The molecule has 0 aliphatic heterocycles. The topological polar surface area (TPSA) is 29.0 Å². The van der Waals surface area contributed by atoms with Gasteiger partial charge in [-0.25, -0.2) is 0 Å². The lowest BCUT2D eigenvalue weighted by atomic mass is 10.1. The van der Waals surface area contributed by atoms with Gasteiger partial charge in [-0.2, -0.15) is 11.3 Å². The third-order valence-electron chi connectivity index (χ3n) is 3.00. The minimum atomic E-state index is 1.05. The number of aromatic nitrogens is 2. The summed E-state index contributed by atoms with van der Waals surface area (Å²) in [6.45, 7) is 0. The van der Waals surface area contributed by atoms with Crippen LogP contribution < -0.4 is 4.90 Å². The Kier molecular flexibility index (Phi) is 3.25. The van der Waals surface area contributed by atoms with Crippen molar-refractivity contribution in [3.05, 3.63) is 59.8 Å². The average molecular weight is 267 g/mol. The van der Waals surface area contributed by atoms with E-state index in [0.717, 1.165) is 16.9 Å². The molecule has 0 radical (unpaired) electrons. The van der Waals surface area contributed by atoms with E-state index >= 15 is 0 Å². The molecule has 3 rings (SSSR count). The second kappa shape index (κ2) is 5.20. The zero-order valence-corrected chi connectivity index (χ0v) is 11.3. The van der Waals surface area contributed by atoms with Crippen molar-refractivity contribution in [1.82, 2.24) is 9.97 Å². The summed E-state index contributed by atoms with van der Waals surface area (Å²) in [5.74, 6) is 0. The Labute approximate surface area is 116 Å². The molecule has 0 atom stereocenters. The highest BCUT2D eigenvalue weighted by molar-refractivity contribution is 7.08. The number of hydrogen-bond acceptors (Lipinski definition) is 4. The van der Waals surface area contributed by atoms with Gasteiger partial charge in [0.25, 0.3) is 0 Å². The van der Waals surface area contributed by atoms with Gasteiger partial charge in [-0.05, 0) is 40.6 Å². The maximum atomic E-state index is 4.33. The molecule has 3 aromatic rings. The van der Waals surface area contributed by atoms with E-state index in [0.29, 0.717) is 0 Å². The predicted molar refractivity (Wildman–Crippen MR) is 79.9 cm³/mol. The van der Waals surface area contributed by atoms with Gasteiger partial charge in [0.1, 0.15) is 0 Å². The molecular formula is C15H13N3S. The third kappa shape index (κ3) is 2.48. The fourth-order valence-electron chi connectivity index (χ4n) is 1.90. The summed E-state index contributed by atoms with van der Waals surface area (Å²) in [6.07, 6.45) is 7.38. The molecule has 3 heterocycles. The lowest BCUT2D eigenvalue weighted by molar-refractivity contribution is 1.15. The highest BCUT2D eigenvalue weighted by Crippen LogP contribution is 2.27. The Hall–Kier alpha value is -2.20. The first-order valence-corrected chi connectivity index (χ1v) is 6.90. The molecule has 0 aliphatic carbocycles. The van der Waals surface area contributed by atoms with Crippen LogP contribution >= 0.6 is 11.3 Å². The summed E-state index contributed by atoms with van der Waals surface area (Å²) in [5, 5.41) is 4.21. The molecule has 3 nitrogen and oxygen atoms in total. The molecule has 0 aliphatic rings. The number of thiophene rings is 1. The van der Waals surface area contributed by atoms with Crippen LogP contribution in [0.2, 0.25) is 0 Å². The highest BCUT2D eigenvalue weighted by Gasteiger charge is 2.06. The van der Waals surface area contributed by atoms with Gasteiger partial charge in [-0.3, -0.25) is 9.97 Å². The van der Waals surface area contributed by atoms with Crippen LogP contribution in [0.15, 0.2) is 59.8 Å². The molecular weight excluding hydrogens is 254 g/mol. The van der Waals surface area contributed by atoms with Gasteiger partial charge in [-0.1, -0.05) is 0 Å². The fourth-order valence-corrected chi connectivity index (χ4v) is 2.56. The molecule has 0 unspecified atom stereocenters. The molecule has 0 spiro atoms. The first-order valence-electron chi connectivity index (χ1n) is 5.96. The number of anilines is 2. The van der Waals surface area contributed by atoms with Gasteiger partial charge >= 0.3 is 0 Å². The van der Waals surface area contributed by atoms with Gasteiger partial charge in [0, 0.05) is 25.0 Å².